The SMILES string of the molecule is CC(C)C(O)c1cc2nc(N3CCN(Cc4ccccc4F)CC3)c(-c3cnn(CF)c3)nc2cn1. The third kappa shape index (κ3) is 4.91. The zero-order valence-corrected chi connectivity index (χ0v) is 20.3. The summed E-state index contributed by atoms with van der Waals surface area (Å²) in [5.41, 5.74) is 3.70. The van der Waals surface area contributed by atoms with Gasteiger partial charge in [-0.3, -0.25) is 9.88 Å². The van der Waals surface area contributed by atoms with Crippen molar-refractivity contribution in [3.63, 3.8) is 0 Å². The van der Waals surface area contributed by atoms with Gasteiger partial charge in [0, 0.05) is 50.0 Å². The predicted molar refractivity (Wildman–Crippen MR) is 133 cm³/mol. The Morgan fingerprint density at radius 2 is 1.81 bits per heavy atom. The van der Waals surface area contributed by atoms with Gasteiger partial charge in [-0.1, -0.05) is 32.0 Å². The Hall–Kier alpha value is -3.50. The fourth-order valence-corrected chi connectivity index (χ4v) is 4.42. The number of hydrogen-bond acceptors (Lipinski definition) is 7. The number of benzene rings is 1. The Morgan fingerprint density at radius 1 is 1.03 bits per heavy atom. The van der Waals surface area contributed by atoms with Gasteiger partial charge in [0.15, 0.2) is 12.6 Å². The van der Waals surface area contributed by atoms with Crippen LogP contribution in [0.1, 0.15) is 31.2 Å². The van der Waals surface area contributed by atoms with E-state index in [0.717, 1.165) is 13.1 Å². The number of anilines is 1. The van der Waals surface area contributed by atoms with Gasteiger partial charge < -0.3 is 10.0 Å². The molecule has 5 rings (SSSR count). The number of aliphatic hydroxyl groups is 1. The number of rotatable bonds is 7. The maximum atomic E-state index is 14.1. The number of piperazine rings is 1. The fourth-order valence-electron chi connectivity index (χ4n) is 4.42. The highest BCUT2D eigenvalue weighted by Gasteiger charge is 2.24. The maximum Gasteiger partial charge on any atom is 0.181 e. The zero-order valence-electron chi connectivity index (χ0n) is 20.3. The summed E-state index contributed by atoms with van der Waals surface area (Å²) in [5, 5.41) is 14.6. The van der Waals surface area contributed by atoms with Gasteiger partial charge in [0.05, 0.1) is 29.7 Å². The van der Waals surface area contributed by atoms with Crippen molar-refractivity contribution in [1.82, 2.24) is 29.6 Å². The normalized spacial score (nSPS) is 15.7. The van der Waals surface area contributed by atoms with Crippen molar-refractivity contribution < 1.29 is 13.9 Å². The first-order valence-corrected chi connectivity index (χ1v) is 12.1. The molecule has 4 aromatic rings. The number of halogens is 2. The Labute approximate surface area is 208 Å². The molecule has 0 aliphatic carbocycles. The molecule has 1 atom stereocenters. The zero-order chi connectivity index (χ0) is 25.2. The van der Waals surface area contributed by atoms with Crippen LogP contribution >= 0.6 is 0 Å². The third-order valence-corrected chi connectivity index (χ3v) is 6.54. The topological polar surface area (TPSA) is 83.2 Å². The Morgan fingerprint density at radius 3 is 2.50 bits per heavy atom. The molecule has 1 aliphatic heterocycles. The molecule has 188 valence electrons. The van der Waals surface area contributed by atoms with Crippen LogP contribution in [0.25, 0.3) is 22.3 Å². The molecule has 0 spiro atoms. The Balaban J connectivity index is 1.46. The van der Waals surface area contributed by atoms with E-state index in [9.17, 15) is 13.9 Å². The van der Waals surface area contributed by atoms with E-state index in [1.807, 2.05) is 26.0 Å². The summed E-state index contributed by atoms with van der Waals surface area (Å²) >= 11 is 0. The summed E-state index contributed by atoms with van der Waals surface area (Å²) in [5.74, 6) is 0.485. The molecule has 0 saturated carbocycles. The smallest absolute Gasteiger partial charge is 0.181 e. The first-order valence-electron chi connectivity index (χ1n) is 12.1. The van der Waals surface area contributed by atoms with Gasteiger partial charge in [0.1, 0.15) is 17.0 Å². The molecule has 36 heavy (non-hydrogen) atoms. The number of fused-ring (bicyclic) bond motifs is 1. The highest BCUT2D eigenvalue weighted by molar-refractivity contribution is 5.83. The van der Waals surface area contributed by atoms with Crippen molar-refractivity contribution >= 4 is 16.9 Å². The summed E-state index contributed by atoms with van der Waals surface area (Å²) in [6, 6.07) is 8.62. The highest BCUT2D eigenvalue weighted by atomic mass is 19.1. The van der Waals surface area contributed by atoms with Crippen molar-refractivity contribution in [3.8, 4) is 11.3 Å². The number of nitrogens with zero attached hydrogens (tertiary/aromatic N) is 7. The second-order valence-electron chi connectivity index (χ2n) is 9.43. The van der Waals surface area contributed by atoms with Gasteiger partial charge in [0.25, 0.3) is 0 Å². The molecule has 1 fully saturated rings. The molecule has 0 radical (unpaired) electrons. The van der Waals surface area contributed by atoms with E-state index in [2.05, 4.69) is 19.9 Å². The van der Waals surface area contributed by atoms with E-state index < -0.39 is 12.9 Å². The van der Waals surface area contributed by atoms with Gasteiger partial charge >= 0.3 is 0 Å². The summed E-state index contributed by atoms with van der Waals surface area (Å²) in [6.07, 6.45) is 4.10. The van der Waals surface area contributed by atoms with Gasteiger partial charge in [-0.2, -0.15) is 5.10 Å². The second-order valence-corrected chi connectivity index (χ2v) is 9.43. The number of hydrogen-bond donors (Lipinski definition) is 1. The summed E-state index contributed by atoms with van der Waals surface area (Å²) in [4.78, 5) is 18.5. The van der Waals surface area contributed by atoms with Crippen LogP contribution < -0.4 is 4.90 Å². The van der Waals surface area contributed by atoms with Crippen LogP contribution in [0.3, 0.4) is 0 Å². The van der Waals surface area contributed by atoms with Gasteiger partial charge in [-0.05, 0) is 18.1 Å². The van der Waals surface area contributed by atoms with E-state index in [0.29, 0.717) is 59.0 Å². The van der Waals surface area contributed by atoms with Crippen molar-refractivity contribution in [2.24, 2.45) is 5.92 Å². The average Bonchev–Trinajstić information content (AvgIpc) is 3.38. The lowest BCUT2D eigenvalue weighted by Crippen LogP contribution is -2.46. The number of pyridine rings is 1. The first kappa shape index (κ1) is 24.2. The van der Waals surface area contributed by atoms with Gasteiger partial charge in [-0.15, -0.1) is 0 Å². The standard InChI is InChI=1S/C26H29F2N7O/c1-17(2)25(36)22-11-21-23(13-29-22)31-24(19-12-30-35(15-19)16-27)26(32-21)34-9-7-33(8-10-34)14-18-5-3-4-6-20(18)28/h3-6,11-13,15,17,25,36H,7-10,14,16H2,1-2H3. The van der Waals surface area contributed by atoms with E-state index in [4.69, 9.17) is 9.97 Å². The Bertz CT molecular complexity index is 1350. The minimum Gasteiger partial charge on any atom is -0.387 e. The summed E-state index contributed by atoms with van der Waals surface area (Å²) < 4.78 is 28.5. The minimum absolute atomic E-state index is 0.00993. The number of alkyl halides is 1. The van der Waals surface area contributed by atoms with Crippen LogP contribution in [-0.2, 0) is 13.3 Å². The lowest BCUT2D eigenvalue weighted by Gasteiger charge is -2.36. The van der Waals surface area contributed by atoms with Crippen LogP contribution in [0.2, 0.25) is 0 Å². The number of aliphatic hydroxyl groups excluding tert-OH is 1. The molecular weight excluding hydrogens is 464 g/mol. The van der Waals surface area contributed by atoms with E-state index in [1.54, 1.807) is 30.7 Å². The minimum atomic E-state index is -0.733. The quantitative estimate of drug-likeness (QED) is 0.417. The lowest BCUT2D eigenvalue weighted by molar-refractivity contribution is 0.122. The van der Waals surface area contributed by atoms with Crippen molar-refractivity contribution in [3.05, 3.63) is 66.0 Å². The molecule has 1 aliphatic rings. The van der Waals surface area contributed by atoms with Crippen molar-refractivity contribution in [2.75, 3.05) is 31.1 Å². The van der Waals surface area contributed by atoms with E-state index in [1.165, 1.54) is 10.7 Å². The molecule has 4 heterocycles. The second kappa shape index (κ2) is 10.2. The van der Waals surface area contributed by atoms with Gasteiger partial charge in [-0.25, -0.2) is 23.4 Å². The largest absolute Gasteiger partial charge is 0.387 e. The molecule has 1 unspecified atom stereocenters. The van der Waals surface area contributed by atoms with Gasteiger partial charge in [0.2, 0.25) is 0 Å². The highest BCUT2D eigenvalue weighted by Crippen LogP contribution is 2.31. The molecular formula is C26H29F2N7O. The molecule has 1 aromatic carbocycles. The van der Waals surface area contributed by atoms with Crippen LogP contribution in [0.15, 0.2) is 48.9 Å². The fraction of sp³-hybridized carbons (Fsp3) is 0.385. The lowest BCUT2D eigenvalue weighted by atomic mass is 10.0. The van der Waals surface area contributed by atoms with Crippen LogP contribution in [-0.4, -0.2) is 60.9 Å². The molecule has 1 N–H and O–H groups in total. The molecule has 10 heteroatoms. The molecule has 3 aromatic heterocycles. The van der Waals surface area contributed by atoms with Crippen LogP contribution in [0, 0.1) is 11.7 Å². The third-order valence-electron chi connectivity index (χ3n) is 6.54. The van der Waals surface area contributed by atoms with Crippen molar-refractivity contribution in [1.29, 1.82) is 0 Å². The first-order chi connectivity index (χ1) is 17.4. The Kier molecular flexibility index (Phi) is 6.88. The predicted octanol–water partition coefficient (Wildman–Crippen LogP) is 3.97. The monoisotopic (exact) mass is 493 g/mol. The summed E-state index contributed by atoms with van der Waals surface area (Å²) in [6.45, 7) is 6.47. The average molecular weight is 494 g/mol. The van der Waals surface area contributed by atoms with Crippen LogP contribution in [0.4, 0.5) is 14.6 Å². The van der Waals surface area contributed by atoms with E-state index >= 15 is 0 Å². The molecule has 8 nitrogen and oxygen atoms in total. The molecule has 0 amide bonds. The van der Waals surface area contributed by atoms with Crippen LogP contribution in [0.5, 0.6) is 0 Å². The number of aromatic nitrogens is 5. The maximum absolute atomic E-state index is 14.1. The summed E-state index contributed by atoms with van der Waals surface area (Å²) in [7, 11) is 0. The van der Waals surface area contributed by atoms with E-state index in [-0.39, 0.29) is 11.7 Å². The molecule has 1 saturated heterocycles. The molecule has 0 bridgehead atoms. The van der Waals surface area contributed by atoms with Crippen molar-refractivity contribution in [2.45, 2.75) is 33.3 Å².